The molecule has 3 aromatic carbocycles. The number of benzene rings is 3. The van der Waals surface area contributed by atoms with Gasteiger partial charge >= 0.3 is 0 Å². The smallest absolute Gasteiger partial charge is 0.231 e. The first-order chi connectivity index (χ1) is 13.2. The van der Waals surface area contributed by atoms with Gasteiger partial charge in [0.25, 0.3) is 0 Å². The van der Waals surface area contributed by atoms with Gasteiger partial charge in [-0.05, 0) is 59.5 Å². The molecule has 0 radical (unpaired) electrons. The van der Waals surface area contributed by atoms with Gasteiger partial charge in [-0.3, -0.25) is 0 Å². The van der Waals surface area contributed by atoms with Crippen LogP contribution in [0.1, 0.15) is 0 Å². The van der Waals surface area contributed by atoms with Crippen LogP contribution in [0.15, 0.2) is 71.1 Å². The number of oxazole rings is 1. The largest absolute Gasteiger partial charge is 0.496 e. The molecule has 5 rings (SSSR count). The van der Waals surface area contributed by atoms with Crippen molar-refractivity contribution in [2.45, 2.75) is 0 Å². The molecule has 132 valence electrons. The lowest BCUT2D eigenvalue weighted by atomic mass is 10.1. The number of anilines is 1. The van der Waals surface area contributed by atoms with Crippen LogP contribution >= 0.6 is 11.3 Å². The molecule has 0 fully saturated rings. The molecule has 0 saturated carbocycles. The van der Waals surface area contributed by atoms with Gasteiger partial charge in [-0.25, -0.2) is 4.98 Å². The Bertz CT molecular complexity index is 1250. The zero-order chi connectivity index (χ0) is 18.4. The summed E-state index contributed by atoms with van der Waals surface area (Å²) in [6.45, 7) is 0. The maximum absolute atomic E-state index is 5.96. The molecule has 0 atom stereocenters. The normalized spacial score (nSPS) is 11.3. The van der Waals surface area contributed by atoms with E-state index in [2.05, 4.69) is 47.4 Å². The molecule has 2 aromatic heterocycles. The monoisotopic (exact) mass is 372 g/mol. The average molecular weight is 372 g/mol. The predicted molar refractivity (Wildman–Crippen MR) is 111 cm³/mol. The van der Waals surface area contributed by atoms with Crippen molar-refractivity contribution < 1.29 is 9.15 Å². The van der Waals surface area contributed by atoms with Crippen LogP contribution in [0, 0.1) is 0 Å². The van der Waals surface area contributed by atoms with Crippen molar-refractivity contribution in [3.8, 4) is 27.6 Å². The summed E-state index contributed by atoms with van der Waals surface area (Å²) in [6.07, 6.45) is 0. The quantitative estimate of drug-likeness (QED) is 0.397. The fraction of sp³-hybridized carbons (Fsp3) is 0.0455. The summed E-state index contributed by atoms with van der Waals surface area (Å²) in [5.41, 5.74) is 9.99. The SMILES string of the molecule is COc1ccc(N)cc1-c1nc2cc(-c3cc4ccccc4s3)ccc2o1. The highest BCUT2D eigenvalue weighted by Crippen LogP contribution is 2.37. The first kappa shape index (κ1) is 15.9. The zero-order valence-corrected chi connectivity index (χ0v) is 15.4. The molecule has 0 amide bonds. The number of hydrogen-bond acceptors (Lipinski definition) is 5. The van der Waals surface area contributed by atoms with Gasteiger partial charge in [-0.15, -0.1) is 11.3 Å². The van der Waals surface area contributed by atoms with Crippen molar-refractivity contribution in [3.63, 3.8) is 0 Å². The van der Waals surface area contributed by atoms with E-state index in [0.29, 0.717) is 17.3 Å². The highest BCUT2D eigenvalue weighted by molar-refractivity contribution is 7.22. The Kier molecular flexibility index (Phi) is 3.62. The van der Waals surface area contributed by atoms with E-state index in [1.54, 1.807) is 24.5 Å². The van der Waals surface area contributed by atoms with Crippen molar-refractivity contribution in [3.05, 3.63) is 66.7 Å². The van der Waals surface area contributed by atoms with Crippen molar-refractivity contribution in [2.75, 3.05) is 12.8 Å². The summed E-state index contributed by atoms with van der Waals surface area (Å²) < 4.78 is 12.7. The minimum absolute atomic E-state index is 0.502. The van der Waals surface area contributed by atoms with Gasteiger partial charge in [0.15, 0.2) is 5.58 Å². The second-order valence-electron chi connectivity index (χ2n) is 6.31. The molecule has 2 N–H and O–H groups in total. The van der Waals surface area contributed by atoms with Gasteiger partial charge in [0.05, 0.1) is 12.7 Å². The Morgan fingerprint density at radius 1 is 1.00 bits per heavy atom. The second kappa shape index (κ2) is 6.14. The zero-order valence-electron chi connectivity index (χ0n) is 14.6. The van der Waals surface area contributed by atoms with Gasteiger partial charge in [0.1, 0.15) is 11.3 Å². The van der Waals surface area contributed by atoms with Gasteiger partial charge in [0.2, 0.25) is 5.89 Å². The van der Waals surface area contributed by atoms with E-state index in [-0.39, 0.29) is 0 Å². The lowest BCUT2D eigenvalue weighted by Gasteiger charge is -2.05. The molecular formula is C22H16N2O2S. The summed E-state index contributed by atoms with van der Waals surface area (Å²) in [7, 11) is 1.62. The molecule has 4 nitrogen and oxygen atoms in total. The molecule has 0 aliphatic rings. The lowest BCUT2D eigenvalue weighted by molar-refractivity contribution is 0.415. The first-order valence-electron chi connectivity index (χ1n) is 8.55. The van der Waals surface area contributed by atoms with E-state index in [0.717, 1.165) is 22.2 Å². The number of thiophene rings is 1. The number of hydrogen-bond donors (Lipinski definition) is 1. The summed E-state index contributed by atoms with van der Waals surface area (Å²) in [6, 6.07) is 22.1. The molecule has 0 bridgehead atoms. The van der Waals surface area contributed by atoms with Crippen molar-refractivity contribution in [2.24, 2.45) is 0 Å². The number of rotatable bonds is 3. The first-order valence-corrected chi connectivity index (χ1v) is 9.36. The third-order valence-electron chi connectivity index (χ3n) is 4.55. The van der Waals surface area contributed by atoms with Gasteiger partial charge < -0.3 is 14.9 Å². The van der Waals surface area contributed by atoms with Gasteiger partial charge in [-0.1, -0.05) is 18.2 Å². The number of nitrogen functional groups attached to an aromatic ring is 1. The fourth-order valence-corrected chi connectivity index (χ4v) is 4.27. The van der Waals surface area contributed by atoms with Gasteiger partial charge in [0, 0.05) is 15.3 Å². The van der Waals surface area contributed by atoms with Crippen LogP contribution in [0.3, 0.4) is 0 Å². The summed E-state index contributed by atoms with van der Waals surface area (Å²) >= 11 is 1.78. The molecule has 0 saturated heterocycles. The maximum atomic E-state index is 5.96. The number of aromatic nitrogens is 1. The summed E-state index contributed by atoms with van der Waals surface area (Å²) in [4.78, 5) is 5.89. The number of nitrogens with zero attached hydrogens (tertiary/aromatic N) is 1. The summed E-state index contributed by atoms with van der Waals surface area (Å²) in [5.74, 6) is 1.18. The van der Waals surface area contributed by atoms with Crippen LogP contribution < -0.4 is 10.5 Å². The third-order valence-corrected chi connectivity index (χ3v) is 5.72. The van der Waals surface area contributed by atoms with Crippen molar-refractivity contribution in [1.82, 2.24) is 4.98 Å². The van der Waals surface area contributed by atoms with Crippen LogP contribution in [-0.4, -0.2) is 12.1 Å². The fourth-order valence-electron chi connectivity index (χ4n) is 3.21. The topological polar surface area (TPSA) is 61.3 Å². The van der Waals surface area contributed by atoms with E-state index < -0.39 is 0 Å². The number of ether oxygens (including phenoxy) is 1. The van der Waals surface area contributed by atoms with Crippen molar-refractivity contribution >= 4 is 38.2 Å². The van der Waals surface area contributed by atoms with Crippen molar-refractivity contribution in [1.29, 1.82) is 0 Å². The molecule has 0 aliphatic heterocycles. The Labute approximate surface area is 159 Å². The highest BCUT2D eigenvalue weighted by Gasteiger charge is 2.15. The highest BCUT2D eigenvalue weighted by atomic mass is 32.1. The molecule has 2 heterocycles. The van der Waals surface area contributed by atoms with E-state index in [1.807, 2.05) is 18.2 Å². The van der Waals surface area contributed by atoms with E-state index >= 15 is 0 Å². The lowest BCUT2D eigenvalue weighted by Crippen LogP contribution is -1.91. The van der Waals surface area contributed by atoms with Crippen LogP contribution in [0.2, 0.25) is 0 Å². The Hall–Kier alpha value is -3.31. The van der Waals surface area contributed by atoms with E-state index in [9.17, 15) is 0 Å². The predicted octanol–water partition coefficient (Wildman–Crippen LogP) is 5.97. The molecular weight excluding hydrogens is 356 g/mol. The molecule has 0 spiro atoms. The minimum Gasteiger partial charge on any atom is -0.496 e. The molecule has 5 aromatic rings. The third kappa shape index (κ3) is 2.73. The summed E-state index contributed by atoms with van der Waals surface area (Å²) in [5, 5.41) is 1.25. The van der Waals surface area contributed by atoms with Crippen LogP contribution in [-0.2, 0) is 0 Å². The molecule has 0 unspecified atom stereocenters. The van der Waals surface area contributed by atoms with E-state index in [4.69, 9.17) is 14.9 Å². The Morgan fingerprint density at radius 2 is 1.89 bits per heavy atom. The van der Waals surface area contributed by atoms with Gasteiger partial charge in [-0.2, -0.15) is 0 Å². The minimum atomic E-state index is 0.502. The molecule has 5 heteroatoms. The maximum Gasteiger partial charge on any atom is 0.231 e. The Morgan fingerprint density at radius 3 is 2.74 bits per heavy atom. The van der Waals surface area contributed by atoms with Crippen LogP contribution in [0.5, 0.6) is 5.75 Å². The molecule has 0 aliphatic carbocycles. The standard InChI is InChI=1S/C22H16N2O2S/c1-25-18-9-7-15(23)12-16(18)22-24-17-10-14(6-8-19(17)26-22)21-11-13-4-2-3-5-20(13)27-21/h2-12H,23H2,1H3. The second-order valence-corrected chi connectivity index (χ2v) is 7.39. The van der Waals surface area contributed by atoms with E-state index in [1.165, 1.54) is 15.0 Å². The number of methoxy groups -OCH3 is 1. The number of fused-ring (bicyclic) bond motifs is 2. The molecule has 27 heavy (non-hydrogen) atoms. The average Bonchev–Trinajstić information content (AvgIpc) is 3.31. The Balaban J connectivity index is 1.62. The van der Waals surface area contributed by atoms with Crippen LogP contribution in [0.4, 0.5) is 5.69 Å². The van der Waals surface area contributed by atoms with Crippen LogP contribution in [0.25, 0.3) is 43.1 Å². The number of nitrogens with two attached hydrogens (primary N) is 1.